The largest absolute Gasteiger partial charge is 0.390 e. The zero-order chi connectivity index (χ0) is 15.3. The lowest BCUT2D eigenvalue weighted by molar-refractivity contribution is -0.137. The maximum atomic E-state index is 12.4. The molecule has 6 heteroatoms. The molecule has 0 spiro atoms. The van der Waals surface area contributed by atoms with E-state index in [0.717, 1.165) is 29.8 Å². The first-order valence-electron chi connectivity index (χ1n) is 7.20. The topological polar surface area (TPSA) is 29.9 Å². The van der Waals surface area contributed by atoms with Gasteiger partial charge in [-0.15, -0.1) is 0 Å². The maximum absolute atomic E-state index is 12.4. The molecule has 3 nitrogen and oxygen atoms in total. The lowest BCUT2D eigenvalue weighted by Gasteiger charge is -2.16. The molecule has 1 aromatic heterocycles. The highest BCUT2D eigenvalue weighted by Gasteiger charge is 2.28. The van der Waals surface area contributed by atoms with Crippen LogP contribution in [0.4, 0.5) is 13.2 Å². The Balaban J connectivity index is 3.13. The van der Waals surface area contributed by atoms with Crippen LogP contribution in [0.3, 0.4) is 0 Å². The number of nitrogens with zero attached hydrogens (tertiary/aromatic N) is 2. The van der Waals surface area contributed by atoms with Gasteiger partial charge < -0.3 is 5.32 Å². The molecule has 0 aromatic carbocycles. The second-order valence-electron chi connectivity index (χ2n) is 4.85. The average Bonchev–Trinajstić information content (AvgIpc) is 2.75. The smallest absolute Gasteiger partial charge is 0.313 e. The highest BCUT2D eigenvalue weighted by Crippen LogP contribution is 2.27. The van der Waals surface area contributed by atoms with Crippen LogP contribution in [-0.2, 0) is 19.4 Å². The predicted octanol–water partition coefficient (Wildman–Crippen LogP) is 3.63. The van der Waals surface area contributed by atoms with Crippen molar-refractivity contribution in [3.05, 3.63) is 17.0 Å². The van der Waals surface area contributed by atoms with Crippen LogP contribution in [-0.4, -0.2) is 23.0 Å². The van der Waals surface area contributed by atoms with Crippen LogP contribution >= 0.6 is 0 Å². The van der Waals surface area contributed by atoms with E-state index in [-0.39, 0.29) is 12.6 Å². The molecule has 1 rings (SSSR count). The number of alkyl halides is 3. The van der Waals surface area contributed by atoms with Gasteiger partial charge in [-0.1, -0.05) is 20.8 Å². The quantitative estimate of drug-likeness (QED) is 0.831. The van der Waals surface area contributed by atoms with Crippen molar-refractivity contribution in [3.63, 3.8) is 0 Å². The number of hydrogen-bond acceptors (Lipinski definition) is 2. The van der Waals surface area contributed by atoms with Crippen molar-refractivity contribution >= 4 is 0 Å². The summed E-state index contributed by atoms with van der Waals surface area (Å²) in [7, 11) is 1.88. The standard InChI is InChI=1S/C14H24F3N3/c1-5-10(18-4)13-11(6-2)19-20(12(13)7-3)9-8-14(15,16)17/h10,18H,5-9H2,1-4H3. The van der Waals surface area contributed by atoms with E-state index in [0.29, 0.717) is 6.42 Å². The number of nitrogens with one attached hydrogen (secondary N) is 1. The molecular formula is C14H24F3N3. The Bertz CT molecular complexity index is 420. The molecule has 0 amide bonds. The van der Waals surface area contributed by atoms with Gasteiger partial charge in [-0.05, 0) is 26.3 Å². The van der Waals surface area contributed by atoms with Crippen LogP contribution in [0.1, 0.15) is 56.6 Å². The molecule has 0 bridgehead atoms. The third-order valence-corrected chi connectivity index (χ3v) is 3.56. The van der Waals surface area contributed by atoms with E-state index in [9.17, 15) is 13.2 Å². The lowest BCUT2D eigenvalue weighted by atomic mass is 9.99. The molecule has 1 unspecified atom stereocenters. The van der Waals surface area contributed by atoms with Crippen LogP contribution < -0.4 is 5.32 Å². The Morgan fingerprint density at radius 2 is 1.85 bits per heavy atom. The summed E-state index contributed by atoms with van der Waals surface area (Å²) in [4.78, 5) is 0. The Hall–Kier alpha value is -1.04. The summed E-state index contributed by atoms with van der Waals surface area (Å²) in [6.45, 7) is 5.92. The second-order valence-corrected chi connectivity index (χ2v) is 4.85. The summed E-state index contributed by atoms with van der Waals surface area (Å²) in [5.41, 5.74) is 2.92. The van der Waals surface area contributed by atoms with Crippen molar-refractivity contribution in [1.82, 2.24) is 15.1 Å². The van der Waals surface area contributed by atoms with Crippen molar-refractivity contribution in [2.24, 2.45) is 0 Å². The fourth-order valence-electron chi connectivity index (χ4n) is 2.57. The fourth-order valence-corrected chi connectivity index (χ4v) is 2.57. The van der Waals surface area contributed by atoms with E-state index in [2.05, 4.69) is 17.3 Å². The van der Waals surface area contributed by atoms with Gasteiger partial charge in [0.2, 0.25) is 0 Å². The Morgan fingerprint density at radius 1 is 1.20 bits per heavy atom. The van der Waals surface area contributed by atoms with E-state index in [1.165, 1.54) is 0 Å². The molecule has 1 atom stereocenters. The molecule has 116 valence electrons. The van der Waals surface area contributed by atoms with Gasteiger partial charge in [0.05, 0.1) is 12.1 Å². The summed E-state index contributed by atoms with van der Waals surface area (Å²) < 4.78 is 38.8. The fraction of sp³-hybridized carbons (Fsp3) is 0.786. The molecule has 0 aliphatic heterocycles. The third-order valence-electron chi connectivity index (χ3n) is 3.56. The van der Waals surface area contributed by atoms with Gasteiger partial charge in [-0.2, -0.15) is 18.3 Å². The zero-order valence-electron chi connectivity index (χ0n) is 12.6. The van der Waals surface area contributed by atoms with E-state index < -0.39 is 12.6 Å². The van der Waals surface area contributed by atoms with Crippen LogP contribution in [0.25, 0.3) is 0 Å². The molecule has 1 heterocycles. The summed E-state index contributed by atoms with van der Waals surface area (Å²) in [6.07, 6.45) is -2.66. The molecule has 0 aliphatic rings. The van der Waals surface area contributed by atoms with Crippen molar-refractivity contribution in [2.75, 3.05) is 7.05 Å². The minimum Gasteiger partial charge on any atom is -0.313 e. The van der Waals surface area contributed by atoms with E-state index >= 15 is 0 Å². The minimum absolute atomic E-state index is 0.0974. The number of aromatic nitrogens is 2. The third kappa shape index (κ3) is 3.98. The molecule has 0 aliphatic carbocycles. The summed E-state index contributed by atoms with van der Waals surface area (Å²) >= 11 is 0. The molecular weight excluding hydrogens is 267 g/mol. The van der Waals surface area contributed by atoms with Crippen LogP contribution in [0, 0.1) is 0 Å². The number of hydrogen-bond donors (Lipinski definition) is 1. The second kappa shape index (κ2) is 7.11. The van der Waals surface area contributed by atoms with Gasteiger partial charge in [0.1, 0.15) is 0 Å². The highest BCUT2D eigenvalue weighted by atomic mass is 19.4. The molecule has 0 saturated heterocycles. The van der Waals surface area contributed by atoms with Crippen molar-refractivity contribution in [3.8, 4) is 0 Å². The SMILES string of the molecule is CCc1nn(CCC(F)(F)F)c(CC)c1C(CC)NC. The van der Waals surface area contributed by atoms with Gasteiger partial charge in [0.15, 0.2) is 0 Å². The normalized spacial score (nSPS) is 13.8. The molecule has 0 saturated carbocycles. The molecule has 0 fully saturated rings. The van der Waals surface area contributed by atoms with Gasteiger partial charge in [-0.25, -0.2) is 0 Å². The predicted molar refractivity (Wildman–Crippen MR) is 73.7 cm³/mol. The molecule has 1 N–H and O–H groups in total. The Morgan fingerprint density at radius 3 is 2.25 bits per heavy atom. The summed E-state index contributed by atoms with van der Waals surface area (Å²) in [6, 6.07) is 0.152. The van der Waals surface area contributed by atoms with E-state index in [1.54, 1.807) is 4.68 Å². The molecule has 1 aromatic rings. The Labute approximate surface area is 118 Å². The van der Waals surface area contributed by atoms with Crippen LogP contribution in [0.2, 0.25) is 0 Å². The lowest BCUT2D eigenvalue weighted by Crippen LogP contribution is -2.19. The number of aryl methyl sites for hydroxylation is 2. The van der Waals surface area contributed by atoms with Crippen LogP contribution in [0.5, 0.6) is 0 Å². The summed E-state index contributed by atoms with van der Waals surface area (Å²) in [5, 5.41) is 7.62. The van der Waals surface area contributed by atoms with Gasteiger partial charge >= 0.3 is 6.18 Å². The zero-order valence-corrected chi connectivity index (χ0v) is 12.6. The highest BCUT2D eigenvalue weighted by molar-refractivity contribution is 5.30. The maximum Gasteiger partial charge on any atom is 0.390 e. The summed E-state index contributed by atoms with van der Waals surface area (Å²) in [5.74, 6) is 0. The number of rotatable bonds is 7. The van der Waals surface area contributed by atoms with Crippen LogP contribution in [0.15, 0.2) is 0 Å². The van der Waals surface area contributed by atoms with Gasteiger partial charge in [0.25, 0.3) is 0 Å². The van der Waals surface area contributed by atoms with E-state index in [4.69, 9.17) is 0 Å². The van der Waals surface area contributed by atoms with Crippen molar-refractivity contribution in [2.45, 2.75) is 65.2 Å². The average molecular weight is 291 g/mol. The van der Waals surface area contributed by atoms with E-state index in [1.807, 2.05) is 20.9 Å². The van der Waals surface area contributed by atoms with Crippen molar-refractivity contribution in [1.29, 1.82) is 0 Å². The monoisotopic (exact) mass is 291 g/mol. The van der Waals surface area contributed by atoms with Gasteiger partial charge in [0, 0.05) is 23.8 Å². The first-order chi connectivity index (χ1) is 9.37. The number of halogens is 3. The molecule has 0 radical (unpaired) electrons. The minimum atomic E-state index is -4.14. The Kier molecular flexibility index (Phi) is 6.05. The van der Waals surface area contributed by atoms with Crippen molar-refractivity contribution < 1.29 is 13.2 Å². The van der Waals surface area contributed by atoms with Gasteiger partial charge in [-0.3, -0.25) is 4.68 Å². The first-order valence-corrected chi connectivity index (χ1v) is 7.20. The first kappa shape index (κ1) is 17.0. The molecule has 20 heavy (non-hydrogen) atoms.